The summed E-state index contributed by atoms with van der Waals surface area (Å²) in [7, 11) is 0. The second-order valence-electron chi connectivity index (χ2n) is 11.5. The Hall–Kier alpha value is -1.58. The Balaban J connectivity index is 1.60. The van der Waals surface area contributed by atoms with E-state index in [-0.39, 0.29) is 18.4 Å². The van der Waals surface area contributed by atoms with E-state index in [0.29, 0.717) is 25.9 Å². The zero-order valence-electron chi connectivity index (χ0n) is 20.1. The quantitative estimate of drug-likeness (QED) is 0.447. The molecule has 5 aliphatic rings. The average molecular weight is 511 g/mol. The molecule has 0 bridgehead atoms. The van der Waals surface area contributed by atoms with Crippen molar-refractivity contribution in [2.24, 2.45) is 28.6 Å². The molecule has 1 N–H and O–H groups in total. The Morgan fingerprint density at radius 2 is 1.97 bits per heavy atom. The van der Waals surface area contributed by atoms with Gasteiger partial charge in [-0.1, -0.05) is 19.9 Å². The van der Waals surface area contributed by atoms with Crippen LogP contribution in [0.1, 0.15) is 52.9 Å². The molecule has 6 nitrogen and oxygen atoms in total. The first kappa shape index (κ1) is 25.1. The molecule has 4 fully saturated rings. The topological polar surface area (TPSA) is 89.9 Å². The van der Waals surface area contributed by atoms with Gasteiger partial charge in [0.2, 0.25) is 5.12 Å². The number of rotatable bonds is 3. The van der Waals surface area contributed by atoms with Gasteiger partial charge in [-0.05, 0) is 62.7 Å². The SMILES string of the molecule is C[C@@H]1C[C@H]2[C@@H]3C[C@H](F)C4=CC(=O)C=C[C@]4(C)[C@@]3(F)[C@@H](O)C[C@]2(C)[C@@]1(OC(=O)[C@@H]1CCCO1)C(=O)S. The summed E-state index contributed by atoms with van der Waals surface area (Å²) in [5, 5.41) is 10.8. The lowest BCUT2D eigenvalue weighted by molar-refractivity contribution is -0.231. The van der Waals surface area contributed by atoms with Gasteiger partial charge in [0.1, 0.15) is 6.17 Å². The first-order valence-electron chi connectivity index (χ1n) is 12.4. The third-order valence-electron chi connectivity index (χ3n) is 9.94. The van der Waals surface area contributed by atoms with E-state index in [1.165, 1.54) is 19.1 Å². The molecule has 5 rings (SSSR count). The highest BCUT2D eigenvalue weighted by atomic mass is 32.1. The normalized spacial score (nSPS) is 50.7. The maximum absolute atomic E-state index is 17.3. The lowest BCUT2D eigenvalue weighted by atomic mass is 9.44. The number of ether oxygens (including phenoxy) is 2. The van der Waals surface area contributed by atoms with E-state index < -0.39 is 75.1 Å². The molecule has 1 saturated heterocycles. The molecule has 0 aromatic rings. The summed E-state index contributed by atoms with van der Waals surface area (Å²) in [4.78, 5) is 38.2. The molecule has 0 radical (unpaired) electrons. The van der Waals surface area contributed by atoms with Crippen LogP contribution in [0.15, 0.2) is 23.8 Å². The highest BCUT2D eigenvalue weighted by Gasteiger charge is 2.78. The van der Waals surface area contributed by atoms with Crippen LogP contribution in [0.2, 0.25) is 0 Å². The zero-order valence-corrected chi connectivity index (χ0v) is 21.0. The molecule has 0 aromatic carbocycles. The Bertz CT molecular complexity index is 1040. The smallest absolute Gasteiger partial charge is 0.336 e. The number of aliphatic hydroxyl groups excluding tert-OH is 1. The van der Waals surface area contributed by atoms with E-state index in [0.717, 1.165) is 6.08 Å². The minimum Gasteiger partial charge on any atom is -0.447 e. The molecule has 4 aliphatic carbocycles. The predicted molar refractivity (Wildman–Crippen MR) is 125 cm³/mol. The molecule has 35 heavy (non-hydrogen) atoms. The van der Waals surface area contributed by atoms with Crippen molar-refractivity contribution < 1.29 is 37.7 Å². The van der Waals surface area contributed by atoms with Crippen molar-refractivity contribution in [2.75, 3.05) is 6.61 Å². The van der Waals surface area contributed by atoms with Gasteiger partial charge in [-0.3, -0.25) is 9.59 Å². The van der Waals surface area contributed by atoms with E-state index in [1.54, 1.807) is 13.8 Å². The first-order valence-corrected chi connectivity index (χ1v) is 12.8. The van der Waals surface area contributed by atoms with E-state index >= 15 is 8.78 Å². The summed E-state index contributed by atoms with van der Waals surface area (Å²) in [6.45, 7) is 5.43. The maximum Gasteiger partial charge on any atom is 0.336 e. The lowest BCUT2D eigenvalue weighted by Gasteiger charge is -2.63. The number of thiol groups is 1. The average Bonchev–Trinajstić information content (AvgIpc) is 3.39. The van der Waals surface area contributed by atoms with Gasteiger partial charge in [-0.15, -0.1) is 12.6 Å². The molecular formula is C26H32F2O6S. The number of hydrogen-bond donors (Lipinski definition) is 2. The van der Waals surface area contributed by atoms with Crippen molar-refractivity contribution in [1.82, 2.24) is 0 Å². The van der Waals surface area contributed by atoms with Crippen LogP contribution >= 0.6 is 12.6 Å². The van der Waals surface area contributed by atoms with Gasteiger partial charge >= 0.3 is 5.97 Å². The Kier molecular flexibility index (Phi) is 5.70. The van der Waals surface area contributed by atoms with Crippen molar-refractivity contribution in [3.05, 3.63) is 23.8 Å². The molecule has 0 amide bonds. The van der Waals surface area contributed by atoms with Crippen LogP contribution in [0.3, 0.4) is 0 Å². The third-order valence-corrected chi connectivity index (χ3v) is 10.3. The van der Waals surface area contributed by atoms with Crippen molar-refractivity contribution in [3.63, 3.8) is 0 Å². The lowest BCUT2D eigenvalue weighted by Crippen LogP contribution is -2.70. The van der Waals surface area contributed by atoms with Gasteiger partial charge in [-0.2, -0.15) is 0 Å². The largest absolute Gasteiger partial charge is 0.447 e. The first-order chi connectivity index (χ1) is 16.3. The molecular weight excluding hydrogens is 478 g/mol. The van der Waals surface area contributed by atoms with E-state index in [1.807, 2.05) is 0 Å². The number of ketones is 1. The van der Waals surface area contributed by atoms with Crippen molar-refractivity contribution in [3.8, 4) is 0 Å². The fraction of sp³-hybridized carbons (Fsp3) is 0.731. The van der Waals surface area contributed by atoms with Crippen molar-refractivity contribution in [1.29, 1.82) is 0 Å². The molecule has 1 aliphatic heterocycles. The highest BCUT2D eigenvalue weighted by Crippen LogP contribution is 2.71. The summed E-state index contributed by atoms with van der Waals surface area (Å²) in [6, 6.07) is 0. The van der Waals surface area contributed by atoms with Crippen molar-refractivity contribution >= 4 is 29.5 Å². The van der Waals surface area contributed by atoms with E-state index in [2.05, 4.69) is 12.6 Å². The standard InChI is InChI=1S/C26H32F2O6S/c1-13-9-15-16-11-18(27)17-10-14(29)6-7-23(17,2)25(16,28)20(30)12-24(15,3)26(13,22(32)35)34-21(31)19-5-4-8-33-19/h6-7,10,13,15-16,18-20,30H,4-5,8-9,11-12H2,1-3H3,(H,32,35)/t13-,15+,16+,18+,19+,20+,23+,24+,25+,26+/m1/s1. The molecule has 10 atom stereocenters. The van der Waals surface area contributed by atoms with Crippen LogP contribution in [0.25, 0.3) is 0 Å². The number of esters is 1. The van der Waals surface area contributed by atoms with Gasteiger partial charge in [0.25, 0.3) is 0 Å². The monoisotopic (exact) mass is 510 g/mol. The summed E-state index contributed by atoms with van der Waals surface area (Å²) < 4.78 is 44.3. The summed E-state index contributed by atoms with van der Waals surface area (Å²) >= 11 is 4.15. The zero-order chi connectivity index (χ0) is 25.6. The molecule has 3 saturated carbocycles. The number of allylic oxidation sites excluding steroid dienone is 4. The second-order valence-corrected chi connectivity index (χ2v) is 11.9. The van der Waals surface area contributed by atoms with Crippen molar-refractivity contribution in [2.45, 2.75) is 82.5 Å². The van der Waals surface area contributed by atoms with Crippen LogP contribution in [0.5, 0.6) is 0 Å². The van der Waals surface area contributed by atoms with Gasteiger partial charge < -0.3 is 14.6 Å². The van der Waals surface area contributed by atoms with Gasteiger partial charge in [-0.25, -0.2) is 13.6 Å². The van der Waals surface area contributed by atoms with Gasteiger partial charge in [0.05, 0.1) is 6.10 Å². The van der Waals surface area contributed by atoms with Gasteiger partial charge in [0.15, 0.2) is 23.2 Å². The maximum atomic E-state index is 17.3. The molecule has 1 heterocycles. The molecule has 9 heteroatoms. The molecule has 0 spiro atoms. The van der Waals surface area contributed by atoms with Crippen LogP contribution in [0.4, 0.5) is 8.78 Å². The fourth-order valence-electron chi connectivity index (χ4n) is 8.23. The number of fused-ring (bicyclic) bond motifs is 5. The molecule has 0 unspecified atom stereocenters. The second kappa shape index (κ2) is 7.96. The highest BCUT2D eigenvalue weighted by molar-refractivity contribution is 7.96. The number of carbonyl (C=O) groups is 3. The van der Waals surface area contributed by atoms with Crippen LogP contribution in [-0.2, 0) is 23.9 Å². The fourth-order valence-corrected chi connectivity index (χ4v) is 8.75. The summed E-state index contributed by atoms with van der Waals surface area (Å²) in [5.41, 5.74) is -6.63. The Labute approximate surface area is 208 Å². The van der Waals surface area contributed by atoms with Crippen LogP contribution in [0, 0.1) is 28.6 Å². The number of halogens is 2. The minimum atomic E-state index is -2.27. The summed E-state index contributed by atoms with van der Waals surface area (Å²) in [5.74, 6) is -3.14. The number of aliphatic hydroxyl groups is 1. The van der Waals surface area contributed by atoms with Crippen LogP contribution in [-0.4, -0.2) is 58.2 Å². The number of hydrogen-bond acceptors (Lipinski definition) is 6. The number of carbonyl (C=O) groups excluding carboxylic acids is 3. The van der Waals surface area contributed by atoms with Crippen LogP contribution < -0.4 is 0 Å². The Morgan fingerprint density at radius 3 is 2.60 bits per heavy atom. The third kappa shape index (κ3) is 3.04. The predicted octanol–water partition coefficient (Wildman–Crippen LogP) is 3.47. The Morgan fingerprint density at radius 1 is 1.26 bits per heavy atom. The molecule has 0 aromatic heterocycles. The summed E-state index contributed by atoms with van der Waals surface area (Å²) in [6.07, 6.45) is 0.849. The number of alkyl halides is 2. The van der Waals surface area contributed by atoms with E-state index in [9.17, 15) is 19.5 Å². The van der Waals surface area contributed by atoms with E-state index in [4.69, 9.17) is 9.47 Å². The van der Waals surface area contributed by atoms with Gasteiger partial charge in [0, 0.05) is 29.3 Å². The minimum absolute atomic E-state index is 0.0405. The molecule has 192 valence electrons.